The summed E-state index contributed by atoms with van der Waals surface area (Å²) in [6, 6.07) is 25.3. The fourth-order valence-corrected chi connectivity index (χ4v) is 6.32. The predicted molar refractivity (Wildman–Crippen MR) is 140 cm³/mol. The Morgan fingerprint density at radius 3 is 2.26 bits per heavy atom. The maximum absolute atomic E-state index is 12.8. The standard InChI is InChI=1S/C27H19N3O3S2/c1-16-8-14-20(15-9-16)35(32,33)30-19-12-10-18(11-13-19)26(31)29-27-28-24-21-6-2-4-17-5-3-7-22(23(17)21)25(24)34-27/h2-15,30H,1H3,(H,28,29,31). The van der Waals surface area contributed by atoms with Crippen LogP contribution < -0.4 is 10.0 Å². The summed E-state index contributed by atoms with van der Waals surface area (Å²) in [5.41, 5.74) is 4.86. The molecule has 4 aromatic carbocycles. The van der Waals surface area contributed by atoms with Crippen molar-refractivity contribution in [2.24, 2.45) is 0 Å². The van der Waals surface area contributed by atoms with E-state index in [1.807, 2.05) is 19.1 Å². The van der Waals surface area contributed by atoms with Crippen molar-refractivity contribution in [3.05, 3.63) is 96.1 Å². The Hall–Kier alpha value is -4.01. The molecule has 1 aliphatic rings. The van der Waals surface area contributed by atoms with Gasteiger partial charge in [0, 0.05) is 22.4 Å². The highest BCUT2D eigenvalue weighted by molar-refractivity contribution is 7.92. The third-order valence-electron chi connectivity index (χ3n) is 5.98. The minimum Gasteiger partial charge on any atom is -0.298 e. The van der Waals surface area contributed by atoms with Crippen molar-refractivity contribution in [3.8, 4) is 21.7 Å². The van der Waals surface area contributed by atoms with E-state index in [9.17, 15) is 13.2 Å². The van der Waals surface area contributed by atoms with Crippen LogP contribution in [-0.2, 0) is 10.0 Å². The summed E-state index contributed by atoms with van der Waals surface area (Å²) in [6.07, 6.45) is 0. The van der Waals surface area contributed by atoms with Crippen LogP contribution in [0.15, 0.2) is 89.8 Å². The molecule has 0 unspecified atom stereocenters. The predicted octanol–water partition coefficient (Wildman–Crippen LogP) is 6.31. The number of hydrogen-bond acceptors (Lipinski definition) is 5. The summed E-state index contributed by atoms with van der Waals surface area (Å²) in [5, 5.41) is 5.78. The number of anilines is 2. The summed E-state index contributed by atoms with van der Waals surface area (Å²) < 4.78 is 27.7. The molecule has 0 atom stereocenters. The highest BCUT2D eigenvalue weighted by Crippen LogP contribution is 2.50. The zero-order chi connectivity index (χ0) is 24.2. The quantitative estimate of drug-likeness (QED) is 0.292. The Kier molecular flexibility index (Phi) is 4.94. The molecule has 1 aliphatic carbocycles. The number of carbonyl (C=O) groups excluding carboxylic acids is 1. The average Bonchev–Trinajstić information content (AvgIpc) is 3.39. The van der Waals surface area contributed by atoms with Gasteiger partial charge in [0.2, 0.25) is 0 Å². The molecule has 0 saturated heterocycles. The summed E-state index contributed by atoms with van der Waals surface area (Å²) in [6.45, 7) is 1.90. The maximum Gasteiger partial charge on any atom is 0.261 e. The number of carbonyl (C=O) groups is 1. The first-order valence-electron chi connectivity index (χ1n) is 10.9. The van der Waals surface area contributed by atoms with Crippen LogP contribution in [0.3, 0.4) is 0 Å². The second-order valence-electron chi connectivity index (χ2n) is 8.36. The highest BCUT2D eigenvalue weighted by Gasteiger charge is 2.26. The van der Waals surface area contributed by atoms with Gasteiger partial charge in [-0.3, -0.25) is 14.8 Å². The molecule has 172 valence electrons. The van der Waals surface area contributed by atoms with Crippen LogP contribution in [0.5, 0.6) is 0 Å². The van der Waals surface area contributed by atoms with E-state index in [4.69, 9.17) is 4.98 Å². The van der Waals surface area contributed by atoms with E-state index in [1.54, 1.807) is 48.5 Å². The second-order valence-corrected chi connectivity index (χ2v) is 11.0. The normalized spacial score (nSPS) is 11.9. The Morgan fingerprint density at radius 1 is 0.857 bits per heavy atom. The minimum absolute atomic E-state index is 0.180. The van der Waals surface area contributed by atoms with Crippen molar-refractivity contribution in [3.63, 3.8) is 0 Å². The zero-order valence-electron chi connectivity index (χ0n) is 18.6. The van der Waals surface area contributed by atoms with Crippen LogP contribution >= 0.6 is 11.3 Å². The Bertz CT molecular complexity index is 1670. The number of benzene rings is 4. The first-order valence-corrected chi connectivity index (χ1v) is 13.2. The van der Waals surface area contributed by atoms with E-state index in [0.29, 0.717) is 16.4 Å². The van der Waals surface area contributed by atoms with Crippen LogP contribution in [0.2, 0.25) is 0 Å². The monoisotopic (exact) mass is 497 g/mol. The number of rotatable bonds is 5. The van der Waals surface area contributed by atoms with Gasteiger partial charge in [0.25, 0.3) is 15.9 Å². The molecule has 5 aromatic rings. The van der Waals surface area contributed by atoms with Gasteiger partial charge in [-0.25, -0.2) is 13.4 Å². The molecule has 1 amide bonds. The summed E-state index contributed by atoms with van der Waals surface area (Å²) in [7, 11) is -3.71. The van der Waals surface area contributed by atoms with Gasteiger partial charge in [0.15, 0.2) is 5.13 Å². The van der Waals surface area contributed by atoms with Crippen LogP contribution in [0.1, 0.15) is 15.9 Å². The topological polar surface area (TPSA) is 88.2 Å². The summed E-state index contributed by atoms with van der Waals surface area (Å²) in [4.78, 5) is 18.8. The van der Waals surface area contributed by atoms with Gasteiger partial charge in [0.1, 0.15) is 0 Å². The summed E-state index contributed by atoms with van der Waals surface area (Å²) in [5.74, 6) is -0.308. The van der Waals surface area contributed by atoms with Gasteiger partial charge in [-0.05, 0) is 54.1 Å². The molecule has 0 radical (unpaired) electrons. The highest BCUT2D eigenvalue weighted by atomic mass is 32.2. The van der Waals surface area contributed by atoms with Crippen LogP contribution in [0.25, 0.3) is 32.5 Å². The second kappa shape index (κ2) is 8.04. The fourth-order valence-electron chi connectivity index (χ4n) is 4.26. The number of aromatic nitrogens is 1. The number of nitrogens with zero attached hydrogens (tertiary/aromatic N) is 1. The van der Waals surface area contributed by atoms with E-state index in [0.717, 1.165) is 27.3 Å². The van der Waals surface area contributed by atoms with E-state index in [1.165, 1.54) is 22.1 Å². The van der Waals surface area contributed by atoms with Crippen molar-refractivity contribution in [1.82, 2.24) is 4.98 Å². The van der Waals surface area contributed by atoms with Gasteiger partial charge in [-0.15, -0.1) is 0 Å². The number of sulfonamides is 1. The number of aryl methyl sites for hydroxylation is 1. The van der Waals surface area contributed by atoms with Crippen LogP contribution in [0, 0.1) is 6.92 Å². The molecule has 0 saturated carbocycles. The molecule has 8 heteroatoms. The molecule has 1 heterocycles. The molecule has 0 spiro atoms. The average molecular weight is 498 g/mol. The van der Waals surface area contributed by atoms with E-state index >= 15 is 0 Å². The van der Waals surface area contributed by atoms with Gasteiger partial charge < -0.3 is 0 Å². The Labute approximate surface area is 206 Å². The zero-order valence-corrected chi connectivity index (χ0v) is 20.2. The number of nitrogens with one attached hydrogen (secondary N) is 2. The molecule has 0 aliphatic heterocycles. The lowest BCUT2D eigenvalue weighted by Crippen LogP contribution is -2.14. The summed E-state index contributed by atoms with van der Waals surface area (Å²) >= 11 is 1.45. The third kappa shape index (κ3) is 3.77. The van der Waals surface area contributed by atoms with Crippen molar-refractivity contribution in [2.75, 3.05) is 10.0 Å². The Balaban J connectivity index is 1.19. The molecule has 1 aromatic heterocycles. The number of hydrogen-bond donors (Lipinski definition) is 2. The smallest absolute Gasteiger partial charge is 0.261 e. The Morgan fingerprint density at radius 2 is 1.54 bits per heavy atom. The molecule has 0 bridgehead atoms. The lowest BCUT2D eigenvalue weighted by atomic mass is 10.0. The van der Waals surface area contributed by atoms with Crippen LogP contribution in [0.4, 0.5) is 10.8 Å². The molecular formula is C27H19N3O3S2. The number of fused-ring (bicyclic) bond motifs is 3. The number of amides is 1. The van der Waals surface area contributed by atoms with E-state index in [2.05, 4.69) is 34.3 Å². The van der Waals surface area contributed by atoms with E-state index < -0.39 is 10.0 Å². The van der Waals surface area contributed by atoms with Crippen molar-refractivity contribution in [2.45, 2.75) is 11.8 Å². The number of thiazole rings is 1. The van der Waals surface area contributed by atoms with Crippen LogP contribution in [-0.4, -0.2) is 19.3 Å². The first-order chi connectivity index (χ1) is 16.9. The largest absolute Gasteiger partial charge is 0.298 e. The SMILES string of the molecule is Cc1ccc(S(=O)(=O)Nc2ccc(C(=O)Nc3nc4c(s3)-c3cccc5cccc-4c35)cc2)cc1. The van der Waals surface area contributed by atoms with Crippen molar-refractivity contribution < 1.29 is 13.2 Å². The van der Waals surface area contributed by atoms with Gasteiger partial charge in [-0.2, -0.15) is 0 Å². The van der Waals surface area contributed by atoms with Gasteiger partial charge in [0.05, 0.1) is 15.5 Å². The molecule has 0 fully saturated rings. The van der Waals surface area contributed by atoms with E-state index in [-0.39, 0.29) is 10.8 Å². The van der Waals surface area contributed by atoms with Crippen molar-refractivity contribution in [1.29, 1.82) is 0 Å². The maximum atomic E-state index is 12.8. The minimum atomic E-state index is -3.71. The molecule has 35 heavy (non-hydrogen) atoms. The first kappa shape index (κ1) is 21.5. The lowest BCUT2D eigenvalue weighted by molar-refractivity contribution is 0.102. The molecule has 6 rings (SSSR count). The lowest BCUT2D eigenvalue weighted by Gasteiger charge is -2.09. The molecule has 6 nitrogen and oxygen atoms in total. The fraction of sp³-hybridized carbons (Fsp3) is 0.0370. The molecule has 2 N–H and O–H groups in total. The molecular weight excluding hydrogens is 478 g/mol. The van der Waals surface area contributed by atoms with Gasteiger partial charge >= 0.3 is 0 Å². The van der Waals surface area contributed by atoms with Crippen molar-refractivity contribution >= 4 is 48.9 Å². The van der Waals surface area contributed by atoms with Gasteiger partial charge in [-0.1, -0.05) is 65.4 Å². The third-order valence-corrected chi connectivity index (χ3v) is 8.38.